The molecule has 1 saturated heterocycles. The van der Waals surface area contributed by atoms with Crippen molar-refractivity contribution in [3.8, 4) is 11.3 Å². The van der Waals surface area contributed by atoms with Crippen LogP contribution in [0.1, 0.15) is 55.1 Å². The third kappa shape index (κ3) is 6.09. The van der Waals surface area contributed by atoms with E-state index < -0.39 is 23.6 Å². The number of carbonyl (C=O) groups excluding carboxylic acids is 4. The van der Waals surface area contributed by atoms with E-state index in [-0.39, 0.29) is 24.3 Å². The van der Waals surface area contributed by atoms with Gasteiger partial charge >= 0.3 is 6.09 Å². The molecule has 1 atom stereocenters. The van der Waals surface area contributed by atoms with Gasteiger partial charge in [0, 0.05) is 43.3 Å². The lowest BCUT2D eigenvalue weighted by molar-refractivity contribution is -0.142. The topological polar surface area (TPSA) is 124 Å². The number of rotatable bonds is 6. The van der Waals surface area contributed by atoms with Crippen molar-refractivity contribution in [2.75, 3.05) is 26.7 Å². The second-order valence-corrected chi connectivity index (χ2v) is 11.9. The van der Waals surface area contributed by atoms with Gasteiger partial charge in [-0.3, -0.25) is 14.4 Å². The van der Waals surface area contributed by atoms with Crippen LogP contribution in [0.3, 0.4) is 0 Å². The number of hydrogen-bond acceptors (Lipinski definition) is 5. The van der Waals surface area contributed by atoms with Gasteiger partial charge < -0.3 is 30.2 Å². The largest absolute Gasteiger partial charge is 0.444 e. The van der Waals surface area contributed by atoms with Crippen LogP contribution in [-0.2, 0) is 27.3 Å². The quantitative estimate of drug-likeness (QED) is 0.412. The molecule has 3 N–H and O–H groups in total. The van der Waals surface area contributed by atoms with Crippen LogP contribution < -0.4 is 10.6 Å². The third-order valence-corrected chi connectivity index (χ3v) is 7.55. The van der Waals surface area contributed by atoms with Gasteiger partial charge in [-0.1, -0.05) is 24.3 Å². The Labute approximate surface area is 243 Å². The normalized spacial score (nSPS) is 16.6. The van der Waals surface area contributed by atoms with E-state index in [2.05, 4.69) is 15.6 Å². The molecule has 0 saturated carbocycles. The summed E-state index contributed by atoms with van der Waals surface area (Å²) in [7, 11) is 1.71. The Morgan fingerprint density at radius 3 is 2.62 bits per heavy atom. The van der Waals surface area contributed by atoms with Gasteiger partial charge in [0.25, 0.3) is 5.91 Å². The highest BCUT2D eigenvalue weighted by Crippen LogP contribution is 2.35. The van der Waals surface area contributed by atoms with E-state index >= 15 is 0 Å². The average Bonchev–Trinajstić information content (AvgIpc) is 3.51. The summed E-state index contributed by atoms with van der Waals surface area (Å²) in [6.07, 6.45) is 1.20. The number of nitrogens with one attached hydrogen (secondary N) is 3. The Morgan fingerprint density at radius 2 is 1.90 bits per heavy atom. The summed E-state index contributed by atoms with van der Waals surface area (Å²) in [5.41, 5.74) is 3.84. The Morgan fingerprint density at radius 1 is 1.17 bits per heavy atom. The van der Waals surface area contributed by atoms with E-state index in [1.54, 1.807) is 32.7 Å². The number of aromatic amines is 1. The van der Waals surface area contributed by atoms with E-state index in [0.717, 1.165) is 27.8 Å². The first-order valence-electron chi connectivity index (χ1n) is 14.1. The Bertz CT molecular complexity index is 1540. The van der Waals surface area contributed by atoms with Crippen LogP contribution >= 0.6 is 0 Å². The summed E-state index contributed by atoms with van der Waals surface area (Å²) in [4.78, 5) is 57.0. The van der Waals surface area contributed by atoms with Crippen molar-refractivity contribution in [2.45, 2.75) is 58.2 Å². The Hall–Kier alpha value is -4.41. The molecule has 2 aliphatic heterocycles. The number of nitrogens with zero attached hydrogens (tertiary/aromatic N) is 2. The minimum absolute atomic E-state index is 0.162. The predicted octanol–water partition coefficient (Wildman–Crippen LogP) is 3.73. The number of likely N-dealkylation sites (N-methyl/N-ethyl adjacent to an activating group) is 1. The molecule has 1 aromatic heterocycles. The minimum Gasteiger partial charge on any atom is -0.444 e. The molecule has 0 spiro atoms. The summed E-state index contributed by atoms with van der Waals surface area (Å²) < 4.78 is 19.4. The smallest absolute Gasteiger partial charge is 0.408 e. The molecule has 1 fully saturated rings. The van der Waals surface area contributed by atoms with Gasteiger partial charge in [0.1, 0.15) is 24.0 Å². The molecule has 10 nitrogen and oxygen atoms in total. The number of H-pyrrole nitrogens is 1. The van der Waals surface area contributed by atoms with E-state index in [1.165, 1.54) is 17.0 Å². The van der Waals surface area contributed by atoms with E-state index in [0.29, 0.717) is 50.0 Å². The maximum absolute atomic E-state index is 14.2. The van der Waals surface area contributed by atoms with Gasteiger partial charge in [0.2, 0.25) is 11.8 Å². The number of hydrogen-bond donors (Lipinski definition) is 3. The Kier molecular flexibility index (Phi) is 7.94. The van der Waals surface area contributed by atoms with Crippen molar-refractivity contribution in [3.63, 3.8) is 0 Å². The zero-order valence-corrected chi connectivity index (χ0v) is 24.3. The molecular weight excluding hydrogens is 541 g/mol. The highest BCUT2D eigenvalue weighted by molar-refractivity contribution is 6.10. The number of halogens is 1. The number of ether oxygens (including phenoxy) is 1. The van der Waals surface area contributed by atoms with Crippen molar-refractivity contribution in [1.82, 2.24) is 25.4 Å². The fraction of sp³-hybridized carbons (Fsp3) is 0.419. The fourth-order valence-electron chi connectivity index (χ4n) is 5.71. The maximum atomic E-state index is 14.2. The first-order chi connectivity index (χ1) is 19.9. The van der Waals surface area contributed by atoms with Gasteiger partial charge in [-0.15, -0.1) is 0 Å². The molecule has 0 radical (unpaired) electrons. The molecule has 3 heterocycles. The number of alkyl carbamates (subject to hydrolysis) is 1. The van der Waals surface area contributed by atoms with Crippen LogP contribution in [0, 0.1) is 5.82 Å². The van der Waals surface area contributed by atoms with E-state index in [4.69, 9.17) is 4.74 Å². The third-order valence-electron chi connectivity index (χ3n) is 7.55. The summed E-state index contributed by atoms with van der Waals surface area (Å²) in [5.74, 6) is -1.25. The molecule has 2 aliphatic rings. The summed E-state index contributed by atoms with van der Waals surface area (Å²) in [6, 6.07) is 9.84. The van der Waals surface area contributed by atoms with Crippen molar-refractivity contribution >= 4 is 34.7 Å². The first kappa shape index (κ1) is 29.1. The molecule has 0 bridgehead atoms. The van der Waals surface area contributed by atoms with Gasteiger partial charge in [0.15, 0.2) is 0 Å². The van der Waals surface area contributed by atoms with Crippen molar-refractivity contribution in [3.05, 3.63) is 58.9 Å². The van der Waals surface area contributed by atoms with Crippen molar-refractivity contribution in [2.24, 2.45) is 0 Å². The maximum Gasteiger partial charge on any atom is 0.408 e. The summed E-state index contributed by atoms with van der Waals surface area (Å²) in [6.45, 7) is 6.24. The monoisotopic (exact) mass is 577 g/mol. The number of amides is 4. The zero-order chi connectivity index (χ0) is 30.2. The number of benzene rings is 2. The predicted molar refractivity (Wildman–Crippen MR) is 155 cm³/mol. The number of likely N-dealkylation sites (tertiary alicyclic amines) is 1. The standard InChI is InChI=1S/C31H36FN5O5/c1-31(2,3)42-30(41)34-16-25(38)37-13-5-6-24(37)29(40)36(4)17-18-7-9-19(10-8-18)27-21-11-12-33-28(39)22-14-20(32)15-23(35-27)26(21)22/h7-10,14-15,24,35H,5-6,11-13,16-17H2,1-4H3,(H,33,39)(H,34,41). The second-order valence-electron chi connectivity index (χ2n) is 11.9. The molecule has 42 heavy (non-hydrogen) atoms. The van der Waals surface area contributed by atoms with Crippen LogP contribution in [-0.4, -0.2) is 76.9 Å². The fourth-order valence-corrected chi connectivity index (χ4v) is 5.71. The molecule has 0 aliphatic carbocycles. The molecule has 4 amide bonds. The molecular formula is C31H36FN5O5. The van der Waals surface area contributed by atoms with Crippen molar-refractivity contribution < 1.29 is 28.3 Å². The van der Waals surface area contributed by atoms with Gasteiger partial charge in [0.05, 0.1) is 5.56 Å². The van der Waals surface area contributed by atoms with E-state index in [9.17, 15) is 23.6 Å². The van der Waals surface area contributed by atoms with Crippen LogP contribution in [0.4, 0.5) is 9.18 Å². The van der Waals surface area contributed by atoms with E-state index in [1.807, 2.05) is 24.3 Å². The molecule has 2 aromatic carbocycles. The van der Waals surface area contributed by atoms with Crippen LogP contribution in [0.5, 0.6) is 0 Å². The molecule has 1 unspecified atom stereocenters. The number of aromatic nitrogens is 1. The van der Waals surface area contributed by atoms with Crippen LogP contribution in [0.25, 0.3) is 22.2 Å². The summed E-state index contributed by atoms with van der Waals surface area (Å²) in [5, 5.41) is 6.05. The average molecular weight is 578 g/mol. The highest BCUT2D eigenvalue weighted by Gasteiger charge is 2.36. The molecule has 222 valence electrons. The minimum atomic E-state index is -0.677. The molecule has 3 aromatic rings. The van der Waals surface area contributed by atoms with Gasteiger partial charge in [-0.2, -0.15) is 0 Å². The lowest BCUT2D eigenvalue weighted by Crippen LogP contribution is -2.49. The Balaban J connectivity index is 1.25. The molecule has 5 rings (SSSR count). The first-order valence-corrected chi connectivity index (χ1v) is 14.1. The van der Waals surface area contributed by atoms with Gasteiger partial charge in [-0.05, 0) is 68.9 Å². The lowest BCUT2D eigenvalue weighted by atomic mass is 9.99. The van der Waals surface area contributed by atoms with Gasteiger partial charge in [-0.25, -0.2) is 9.18 Å². The highest BCUT2D eigenvalue weighted by atomic mass is 19.1. The summed E-state index contributed by atoms with van der Waals surface area (Å²) >= 11 is 0. The number of carbonyl (C=O) groups is 4. The van der Waals surface area contributed by atoms with Crippen LogP contribution in [0.15, 0.2) is 36.4 Å². The van der Waals surface area contributed by atoms with Crippen LogP contribution in [0.2, 0.25) is 0 Å². The molecule has 11 heteroatoms. The van der Waals surface area contributed by atoms with Crippen molar-refractivity contribution in [1.29, 1.82) is 0 Å². The SMILES string of the molecule is CN(Cc1ccc(-c2[nH]c3cc(F)cc4c3c2CCNC4=O)cc1)C(=O)C1CCCN1C(=O)CNC(=O)OC(C)(C)C. The lowest BCUT2D eigenvalue weighted by Gasteiger charge is -2.28. The zero-order valence-electron chi connectivity index (χ0n) is 24.3. The second kappa shape index (κ2) is 11.5.